The molecule has 0 spiro atoms. The number of carbonyl (C=O) groups excluding carboxylic acids is 1. The first-order valence-corrected chi connectivity index (χ1v) is 10.4. The number of rotatable bonds is 6. The van der Waals surface area contributed by atoms with Crippen LogP contribution in [0.2, 0.25) is 0 Å². The smallest absolute Gasteiger partial charge is 0.344 e. The SMILES string of the molecule is CCOC(=O)C1=C(O)C(=Cc2cccc(C)c2O)SC1=Nc1ccc(OCC)cc1. The Morgan fingerprint density at radius 3 is 2.50 bits per heavy atom. The van der Waals surface area contributed by atoms with Crippen molar-refractivity contribution in [2.45, 2.75) is 20.8 Å². The van der Waals surface area contributed by atoms with Crippen LogP contribution in [0.5, 0.6) is 11.5 Å². The summed E-state index contributed by atoms with van der Waals surface area (Å²) in [4.78, 5) is 17.4. The first-order valence-electron chi connectivity index (χ1n) is 9.55. The number of aryl methyl sites for hydroxylation is 1. The predicted octanol–water partition coefficient (Wildman–Crippen LogP) is 5.29. The van der Waals surface area contributed by atoms with Gasteiger partial charge in [-0.2, -0.15) is 0 Å². The number of aliphatic hydroxyl groups excluding tert-OH is 1. The molecule has 0 atom stereocenters. The van der Waals surface area contributed by atoms with Gasteiger partial charge in [0, 0.05) is 5.56 Å². The number of aliphatic imine (C=N–C) groups is 1. The number of hydrogen-bond acceptors (Lipinski definition) is 7. The van der Waals surface area contributed by atoms with E-state index in [9.17, 15) is 15.0 Å². The molecule has 0 fully saturated rings. The van der Waals surface area contributed by atoms with Crippen molar-refractivity contribution in [3.8, 4) is 11.5 Å². The van der Waals surface area contributed by atoms with Gasteiger partial charge in [0.15, 0.2) is 0 Å². The quantitative estimate of drug-likeness (QED) is 0.611. The van der Waals surface area contributed by atoms with E-state index in [0.29, 0.717) is 33.4 Å². The summed E-state index contributed by atoms with van der Waals surface area (Å²) in [6.07, 6.45) is 1.63. The molecule has 0 radical (unpaired) electrons. The second-order valence-corrected chi connectivity index (χ2v) is 7.44. The fourth-order valence-electron chi connectivity index (χ4n) is 2.83. The molecule has 6 nitrogen and oxygen atoms in total. The van der Waals surface area contributed by atoms with Crippen LogP contribution in [0, 0.1) is 6.92 Å². The van der Waals surface area contributed by atoms with Gasteiger partial charge < -0.3 is 19.7 Å². The molecule has 1 heterocycles. The number of esters is 1. The average molecular weight is 426 g/mol. The van der Waals surface area contributed by atoms with Crippen molar-refractivity contribution in [1.29, 1.82) is 0 Å². The van der Waals surface area contributed by atoms with Crippen LogP contribution >= 0.6 is 11.8 Å². The molecule has 30 heavy (non-hydrogen) atoms. The van der Waals surface area contributed by atoms with Crippen LogP contribution in [-0.4, -0.2) is 34.4 Å². The molecule has 0 amide bonds. The number of nitrogens with zero attached hydrogens (tertiary/aromatic N) is 1. The van der Waals surface area contributed by atoms with Gasteiger partial charge in [-0.1, -0.05) is 30.0 Å². The van der Waals surface area contributed by atoms with E-state index in [1.54, 1.807) is 56.3 Å². The summed E-state index contributed by atoms with van der Waals surface area (Å²) in [5.41, 5.74) is 1.86. The Bertz CT molecular complexity index is 1040. The van der Waals surface area contributed by atoms with Crippen LogP contribution in [0.15, 0.2) is 63.7 Å². The van der Waals surface area contributed by atoms with Gasteiger partial charge in [0.25, 0.3) is 0 Å². The molecule has 0 aliphatic carbocycles. The van der Waals surface area contributed by atoms with Crippen LogP contribution < -0.4 is 4.74 Å². The van der Waals surface area contributed by atoms with Crippen LogP contribution in [0.1, 0.15) is 25.0 Å². The van der Waals surface area contributed by atoms with E-state index in [0.717, 1.165) is 17.5 Å². The monoisotopic (exact) mass is 425 g/mol. The van der Waals surface area contributed by atoms with Gasteiger partial charge in [0.05, 0.1) is 23.8 Å². The number of carbonyl (C=O) groups is 1. The highest BCUT2D eigenvalue weighted by Gasteiger charge is 2.33. The number of hydrogen-bond donors (Lipinski definition) is 2. The lowest BCUT2D eigenvalue weighted by atomic mass is 10.1. The Hall–Kier alpha value is -3.19. The van der Waals surface area contributed by atoms with Crippen molar-refractivity contribution in [3.05, 3.63) is 69.8 Å². The van der Waals surface area contributed by atoms with Gasteiger partial charge in [0.2, 0.25) is 0 Å². The second kappa shape index (κ2) is 9.54. The molecule has 2 N–H and O–H groups in total. The molecule has 7 heteroatoms. The summed E-state index contributed by atoms with van der Waals surface area (Å²) in [7, 11) is 0. The number of aromatic hydroxyl groups is 1. The molecule has 0 bridgehead atoms. The minimum absolute atomic E-state index is 0.00845. The van der Waals surface area contributed by atoms with E-state index in [-0.39, 0.29) is 23.7 Å². The summed E-state index contributed by atoms with van der Waals surface area (Å²) in [5.74, 6) is -0.0267. The number of para-hydroxylation sites is 1. The highest BCUT2D eigenvalue weighted by molar-refractivity contribution is 8.18. The third-order valence-corrected chi connectivity index (χ3v) is 5.32. The van der Waals surface area contributed by atoms with E-state index in [1.165, 1.54) is 0 Å². The number of ether oxygens (including phenoxy) is 2. The number of benzene rings is 2. The van der Waals surface area contributed by atoms with Gasteiger partial charge in [-0.3, -0.25) is 0 Å². The van der Waals surface area contributed by atoms with Crippen molar-refractivity contribution in [1.82, 2.24) is 0 Å². The van der Waals surface area contributed by atoms with Gasteiger partial charge >= 0.3 is 5.97 Å². The fourth-order valence-corrected chi connectivity index (χ4v) is 3.86. The lowest BCUT2D eigenvalue weighted by Gasteiger charge is -2.05. The van der Waals surface area contributed by atoms with Crippen LogP contribution in [0.25, 0.3) is 6.08 Å². The van der Waals surface area contributed by atoms with E-state index in [2.05, 4.69) is 4.99 Å². The number of thioether (sulfide) groups is 1. The van der Waals surface area contributed by atoms with Crippen LogP contribution in [0.4, 0.5) is 5.69 Å². The maximum Gasteiger partial charge on any atom is 0.344 e. The Labute approximate surface area is 179 Å². The lowest BCUT2D eigenvalue weighted by Crippen LogP contribution is -2.12. The Morgan fingerprint density at radius 1 is 1.10 bits per heavy atom. The van der Waals surface area contributed by atoms with Crippen LogP contribution in [-0.2, 0) is 9.53 Å². The van der Waals surface area contributed by atoms with E-state index in [1.807, 2.05) is 13.0 Å². The third-order valence-electron chi connectivity index (χ3n) is 4.30. The molecular formula is C23H23NO5S. The highest BCUT2D eigenvalue weighted by atomic mass is 32.2. The highest BCUT2D eigenvalue weighted by Crippen LogP contribution is 2.41. The maximum atomic E-state index is 12.5. The minimum atomic E-state index is -0.649. The molecule has 0 unspecified atom stereocenters. The van der Waals surface area contributed by atoms with Gasteiger partial charge in [-0.15, -0.1) is 0 Å². The van der Waals surface area contributed by atoms with Crippen molar-refractivity contribution in [2.75, 3.05) is 13.2 Å². The van der Waals surface area contributed by atoms with Crippen molar-refractivity contribution in [3.63, 3.8) is 0 Å². The molecule has 0 saturated carbocycles. The normalized spacial score (nSPS) is 16.4. The van der Waals surface area contributed by atoms with E-state index < -0.39 is 5.97 Å². The Morgan fingerprint density at radius 2 is 1.83 bits per heavy atom. The average Bonchev–Trinajstić information content (AvgIpc) is 3.02. The molecule has 1 aliphatic rings. The van der Waals surface area contributed by atoms with E-state index >= 15 is 0 Å². The first-order chi connectivity index (χ1) is 14.4. The summed E-state index contributed by atoms with van der Waals surface area (Å²) in [6.45, 7) is 6.13. The molecule has 0 saturated heterocycles. The van der Waals surface area contributed by atoms with Crippen LogP contribution in [0.3, 0.4) is 0 Å². The summed E-state index contributed by atoms with van der Waals surface area (Å²) < 4.78 is 10.5. The molecule has 2 aromatic carbocycles. The molecule has 2 aromatic rings. The van der Waals surface area contributed by atoms with E-state index in [4.69, 9.17) is 9.47 Å². The minimum Gasteiger partial charge on any atom is -0.507 e. The summed E-state index contributed by atoms with van der Waals surface area (Å²) >= 11 is 1.14. The third kappa shape index (κ3) is 4.68. The van der Waals surface area contributed by atoms with Gasteiger partial charge in [-0.25, -0.2) is 9.79 Å². The molecular weight excluding hydrogens is 402 g/mol. The Kier molecular flexibility index (Phi) is 6.84. The summed E-state index contributed by atoms with van der Waals surface area (Å²) in [6, 6.07) is 12.4. The van der Waals surface area contributed by atoms with Crippen molar-refractivity contribution < 1.29 is 24.5 Å². The number of phenolic OH excluding ortho intramolecular Hbond substituents is 1. The maximum absolute atomic E-state index is 12.5. The standard InChI is InChI=1S/C23H23NO5S/c1-4-28-17-11-9-16(10-12-17)24-22-19(23(27)29-5-2)21(26)18(30-22)13-15-8-6-7-14(3)20(15)25/h6-13,25-26H,4-5H2,1-3H3. The van der Waals surface area contributed by atoms with Gasteiger partial charge in [-0.05, 0) is 56.7 Å². The Balaban J connectivity index is 2.02. The zero-order valence-corrected chi connectivity index (χ0v) is 17.8. The second-order valence-electron chi connectivity index (χ2n) is 6.41. The summed E-state index contributed by atoms with van der Waals surface area (Å²) in [5, 5.41) is 21.4. The zero-order chi connectivity index (χ0) is 21.7. The molecule has 156 valence electrons. The first kappa shape index (κ1) is 21.5. The lowest BCUT2D eigenvalue weighted by molar-refractivity contribution is -0.138. The fraction of sp³-hybridized carbons (Fsp3) is 0.217. The number of phenols is 1. The largest absolute Gasteiger partial charge is 0.507 e. The molecule has 0 aromatic heterocycles. The van der Waals surface area contributed by atoms with Crippen molar-refractivity contribution in [2.24, 2.45) is 4.99 Å². The van der Waals surface area contributed by atoms with Gasteiger partial charge in [0.1, 0.15) is 27.9 Å². The number of aliphatic hydroxyl groups is 1. The predicted molar refractivity (Wildman–Crippen MR) is 119 cm³/mol. The zero-order valence-electron chi connectivity index (χ0n) is 17.0. The molecule has 1 aliphatic heterocycles. The molecule has 3 rings (SSSR count). The topological polar surface area (TPSA) is 88.4 Å². The van der Waals surface area contributed by atoms with Crippen molar-refractivity contribution >= 4 is 34.5 Å².